The fourth-order valence-corrected chi connectivity index (χ4v) is 2.95. The zero-order chi connectivity index (χ0) is 18.6. The van der Waals surface area contributed by atoms with Crippen LogP contribution in [0.15, 0.2) is 33.7 Å². The number of furan rings is 1. The predicted molar refractivity (Wildman–Crippen MR) is 104 cm³/mol. The summed E-state index contributed by atoms with van der Waals surface area (Å²) >= 11 is 0. The third-order valence-electron chi connectivity index (χ3n) is 4.47. The highest BCUT2D eigenvalue weighted by atomic mass is 16.5. The van der Waals surface area contributed by atoms with Crippen LogP contribution in [0.1, 0.15) is 39.5 Å². The van der Waals surface area contributed by atoms with E-state index in [1.165, 1.54) is 0 Å². The number of benzene rings is 1. The lowest BCUT2D eigenvalue weighted by Crippen LogP contribution is -2.44. The Labute approximate surface area is 155 Å². The highest BCUT2D eigenvalue weighted by molar-refractivity contribution is 5.84. The van der Waals surface area contributed by atoms with Crippen molar-refractivity contribution in [1.82, 2.24) is 10.6 Å². The van der Waals surface area contributed by atoms with Crippen molar-refractivity contribution in [2.75, 3.05) is 32.9 Å². The number of para-hydroxylation sites is 1. The molecule has 1 aromatic heterocycles. The minimum absolute atomic E-state index is 0.0138. The summed E-state index contributed by atoms with van der Waals surface area (Å²) in [6.07, 6.45) is 0. The molecule has 1 saturated heterocycles. The first-order valence-corrected chi connectivity index (χ1v) is 9.32. The SMILES string of the molecule is CCNC(=NCC1(C)COC1)NC(C)c1cc2cccc(OCC)c2o1. The van der Waals surface area contributed by atoms with Gasteiger partial charge in [-0.3, -0.25) is 4.99 Å². The molecule has 0 radical (unpaired) electrons. The van der Waals surface area contributed by atoms with Gasteiger partial charge < -0.3 is 24.5 Å². The first-order chi connectivity index (χ1) is 12.5. The maximum absolute atomic E-state index is 6.08. The van der Waals surface area contributed by atoms with Crippen molar-refractivity contribution >= 4 is 16.9 Å². The predicted octanol–water partition coefficient (Wildman–Crippen LogP) is 3.48. The first kappa shape index (κ1) is 18.6. The molecule has 26 heavy (non-hydrogen) atoms. The number of hydrogen-bond donors (Lipinski definition) is 2. The van der Waals surface area contributed by atoms with Crippen molar-refractivity contribution in [3.05, 3.63) is 30.0 Å². The van der Waals surface area contributed by atoms with E-state index >= 15 is 0 Å². The Morgan fingerprint density at radius 1 is 1.35 bits per heavy atom. The van der Waals surface area contributed by atoms with Crippen LogP contribution in [0.2, 0.25) is 0 Å². The number of ether oxygens (including phenoxy) is 2. The van der Waals surface area contributed by atoms with Gasteiger partial charge in [-0.2, -0.15) is 0 Å². The molecule has 3 rings (SSSR count). The lowest BCUT2D eigenvalue weighted by Gasteiger charge is -2.36. The summed E-state index contributed by atoms with van der Waals surface area (Å²) in [6.45, 7) is 12.0. The summed E-state index contributed by atoms with van der Waals surface area (Å²) in [4.78, 5) is 4.72. The Bertz CT molecular complexity index is 765. The zero-order valence-corrected chi connectivity index (χ0v) is 16.1. The average molecular weight is 359 g/mol. The largest absolute Gasteiger partial charge is 0.490 e. The molecular weight excluding hydrogens is 330 g/mol. The summed E-state index contributed by atoms with van der Waals surface area (Å²) in [5.74, 6) is 2.43. The van der Waals surface area contributed by atoms with Crippen LogP contribution in [0, 0.1) is 5.41 Å². The van der Waals surface area contributed by atoms with Crippen molar-refractivity contribution in [1.29, 1.82) is 0 Å². The number of nitrogens with zero attached hydrogens (tertiary/aromatic N) is 1. The van der Waals surface area contributed by atoms with E-state index < -0.39 is 0 Å². The van der Waals surface area contributed by atoms with Gasteiger partial charge in [0.1, 0.15) is 5.76 Å². The summed E-state index contributed by atoms with van der Waals surface area (Å²) in [5, 5.41) is 7.77. The summed E-state index contributed by atoms with van der Waals surface area (Å²) < 4.78 is 17.1. The van der Waals surface area contributed by atoms with Crippen molar-refractivity contribution in [2.45, 2.75) is 33.7 Å². The highest BCUT2D eigenvalue weighted by Gasteiger charge is 2.33. The zero-order valence-electron chi connectivity index (χ0n) is 16.1. The minimum atomic E-state index is -0.0138. The Morgan fingerprint density at radius 3 is 2.81 bits per heavy atom. The standard InChI is InChI=1S/C20H29N3O3/c1-5-21-19(22-11-20(4)12-24-13-20)23-14(3)17-10-15-8-7-9-16(25-6-2)18(15)26-17/h7-10,14H,5-6,11-13H2,1-4H3,(H2,21,22,23). The topological polar surface area (TPSA) is 68.0 Å². The molecule has 1 aliphatic rings. The number of rotatable bonds is 7. The van der Waals surface area contributed by atoms with Gasteiger partial charge >= 0.3 is 0 Å². The van der Waals surface area contributed by atoms with Crippen LogP contribution in [-0.4, -0.2) is 38.9 Å². The third-order valence-corrected chi connectivity index (χ3v) is 4.47. The summed E-state index contributed by atoms with van der Waals surface area (Å²) in [6, 6.07) is 8.00. The molecule has 2 heterocycles. The second kappa shape index (κ2) is 7.99. The van der Waals surface area contributed by atoms with Crippen LogP contribution < -0.4 is 15.4 Å². The summed E-state index contributed by atoms with van der Waals surface area (Å²) in [7, 11) is 0. The molecule has 1 fully saturated rings. The van der Waals surface area contributed by atoms with Gasteiger partial charge in [-0.05, 0) is 32.9 Å². The molecule has 6 heteroatoms. The number of aliphatic imine (C=N–C) groups is 1. The van der Waals surface area contributed by atoms with E-state index in [9.17, 15) is 0 Å². The van der Waals surface area contributed by atoms with Gasteiger partial charge in [-0.25, -0.2) is 0 Å². The average Bonchev–Trinajstić information content (AvgIpc) is 3.04. The lowest BCUT2D eigenvalue weighted by molar-refractivity contribution is -0.0945. The molecule has 1 unspecified atom stereocenters. The van der Waals surface area contributed by atoms with Crippen LogP contribution in [-0.2, 0) is 4.74 Å². The van der Waals surface area contributed by atoms with Gasteiger partial charge in [0.2, 0.25) is 0 Å². The van der Waals surface area contributed by atoms with Crippen LogP contribution in [0.5, 0.6) is 5.75 Å². The Balaban J connectivity index is 1.74. The number of fused-ring (bicyclic) bond motifs is 1. The van der Waals surface area contributed by atoms with E-state index in [0.29, 0.717) is 6.61 Å². The lowest BCUT2D eigenvalue weighted by atomic mass is 9.89. The van der Waals surface area contributed by atoms with E-state index in [0.717, 1.165) is 54.7 Å². The van der Waals surface area contributed by atoms with Crippen LogP contribution in [0.3, 0.4) is 0 Å². The van der Waals surface area contributed by atoms with Crippen molar-refractivity contribution < 1.29 is 13.9 Å². The van der Waals surface area contributed by atoms with Gasteiger partial charge in [0, 0.05) is 17.3 Å². The number of hydrogen-bond acceptors (Lipinski definition) is 4. The molecule has 142 valence electrons. The Hall–Kier alpha value is -2.21. The molecule has 1 aliphatic heterocycles. The van der Waals surface area contributed by atoms with Crippen LogP contribution >= 0.6 is 0 Å². The monoisotopic (exact) mass is 359 g/mol. The van der Waals surface area contributed by atoms with Crippen molar-refractivity contribution in [3.8, 4) is 5.75 Å². The van der Waals surface area contributed by atoms with Gasteiger partial charge in [0.05, 0.1) is 32.4 Å². The molecular formula is C20H29N3O3. The number of guanidine groups is 1. The molecule has 1 atom stereocenters. The fraction of sp³-hybridized carbons (Fsp3) is 0.550. The Kier molecular flexibility index (Phi) is 5.71. The highest BCUT2D eigenvalue weighted by Crippen LogP contribution is 2.31. The second-order valence-electron chi connectivity index (χ2n) is 7.12. The fourth-order valence-electron chi connectivity index (χ4n) is 2.95. The second-order valence-corrected chi connectivity index (χ2v) is 7.12. The van der Waals surface area contributed by atoms with E-state index in [4.69, 9.17) is 18.9 Å². The number of nitrogens with one attached hydrogen (secondary N) is 2. The minimum Gasteiger partial charge on any atom is -0.490 e. The van der Waals surface area contributed by atoms with Crippen molar-refractivity contribution in [2.24, 2.45) is 10.4 Å². The molecule has 1 aromatic carbocycles. The van der Waals surface area contributed by atoms with Crippen molar-refractivity contribution in [3.63, 3.8) is 0 Å². The smallest absolute Gasteiger partial charge is 0.191 e. The Morgan fingerprint density at radius 2 is 2.15 bits per heavy atom. The van der Waals surface area contributed by atoms with E-state index in [-0.39, 0.29) is 11.5 Å². The van der Waals surface area contributed by atoms with Crippen LogP contribution in [0.4, 0.5) is 0 Å². The maximum atomic E-state index is 6.08. The third kappa shape index (κ3) is 4.12. The van der Waals surface area contributed by atoms with Gasteiger partial charge in [0.15, 0.2) is 17.3 Å². The molecule has 2 N–H and O–H groups in total. The molecule has 0 amide bonds. The molecule has 6 nitrogen and oxygen atoms in total. The normalized spacial score (nSPS) is 17.6. The van der Waals surface area contributed by atoms with Gasteiger partial charge in [0.25, 0.3) is 0 Å². The molecule has 0 aliphatic carbocycles. The van der Waals surface area contributed by atoms with Gasteiger partial charge in [-0.1, -0.05) is 19.1 Å². The quantitative estimate of drug-likeness (QED) is 0.585. The van der Waals surface area contributed by atoms with E-state index in [1.807, 2.05) is 25.1 Å². The van der Waals surface area contributed by atoms with E-state index in [1.54, 1.807) is 0 Å². The first-order valence-electron chi connectivity index (χ1n) is 9.32. The molecule has 0 saturated carbocycles. The molecule has 0 bridgehead atoms. The molecule has 0 spiro atoms. The maximum Gasteiger partial charge on any atom is 0.191 e. The molecule has 2 aromatic rings. The summed E-state index contributed by atoms with van der Waals surface area (Å²) in [5.41, 5.74) is 0.941. The van der Waals surface area contributed by atoms with E-state index in [2.05, 4.69) is 37.5 Å². The van der Waals surface area contributed by atoms with Crippen LogP contribution in [0.25, 0.3) is 11.0 Å². The van der Waals surface area contributed by atoms with Gasteiger partial charge in [-0.15, -0.1) is 0 Å².